The van der Waals surface area contributed by atoms with E-state index in [1.165, 1.54) is 21.0 Å². The van der Waals surface area contributed by atoms with Gasteiger partial charge in [0.2, 0.25) is 0 Å². The van der Waals surface area contributed by atoms with Gasteiger partial charge in [-0.05, 0) is 26.8 Å². The van der Waals surface area contributed by atoms with Crippen molar-refractivity contribution in [3.05, 3.63) is 22.8 Å². The molecule has 0 fully saturated rings. The van der Waals surface area contributed by atoms with Crippen molar-refractivity contribution in [2.75, 3.05) is 13.7 Å². The second-order valence-corrected chi connectivity index (χ2v) is 5.62. The topological polar surface area (TPSA) is 85.2 Å². The van der Waals surface area contributed by atoms with Crippen molar-refractivity contribution in [3.63, 3.8) is 0 Å². The van der Waals surface area contributed by atoms with Gasteiger partial charge in [0.25, 0.3) is 0 Å². The Morgan fingerprint density at radius 3 is 2.71 bits per heavy atom. The fourth-order valence-electron chi connectivity index (χ4n) is 2.13. The normalized spacial score (nSPS) is 15.4. The highest BCUT2D eigenvalue weighted by atomic mass is 16.5. The van der Waals surface area contributed by atoms with Crippen LogP contribution < -0.4 is 9.47 Å². The van der Waals surface area contributed by atoms with Gasteiger partial charge in [-0.25, -0.2) is 4.79 Å². The van der Waals surface area contributed by atoms with Crippen LogP contribution in [0.3, 0.4) is 0 Å². The Balaban J connectivity index is 2.29. The maximum absolute atomic E-state index is 11.7. The number of aliphatic hydroxyl groups is 2. The van der Waals surface area contributed by atoms with E-state index in [0.29, 0.717) is 22.6 Å². The number of fused-ring (bicyclic) bond motifs is 1. The number of cyclic esters (lactones) is 1. The van der Waals surface area contributed by atoms with Crippen LogP contribution in [0.4, 0.5) is 0 Å². The van der Waals surface area contributed by atoms with Gasteiger partial charge in [-0.2, -0.15) is 0 Å². The first-order valence-electron chi connectivity index (χ1n) is 6.66. The molecule has 0 unspecified atom stereocenters. The van der Waals surface area contributed by atoms with E-state index in [4.69, 9.17) is 14.2 Å². The van der Waals surface area contributed by atoms with E-state index in [0.717, 1.165) is 5.56 Å². The lowest BCUT2D eigenvalue weighted by molar-refractivity contribution is -0.0662. The summed E-state index contributed by atoms with van der Waals surface area (Å²) in [4.78, 5) is 11.7. The van der Waals surface area contributed by atoms with Gasteiger partial charge in [0, 0.05) is 11.1 Å². The zero-order chi connectivity index (χ0) is 15.8. The lowest BCUT2D eigenvalue weighted by Crippen LogP contribution is -2.40. The Morgan fingerprint density at radius 1 is 1.48 bits per heavy atom. The molecule has 1 aromatic rings. The van der Waals surface area contributed by atoms with Crippen LogP contribution in [-0.4, -0.2) is 41.6 Å². The van der Waals surface area contributed by atoms with Crippen molar-refractivity contribution in [2.45, 2.75) is 39.1 Å². The molecule has 1 aliphatic rings. The molecule has 2 rings (SSSR count). The molecule has 0 amide bonds. The van der Waals surface area contributed by atoms with Gasteiger partial charge >= 0.3 is 5.97 Å². The summed E-state index contributed by atoms with van der Waals surface area (Å²) >= 11 is 0. The fraction of sp³-hybridized carbons (Fsp3) is 0.533. The zero-order valence-electron chi connectivity index (χ0n) is 12.6. The maximum Gasteiger partial charge on any atom is 0.339 e. The molecule has 0 aromatic heterocycles. The van der Waals surface area contributed by atoms with E-state index in [9.17, 15) is 15.0 Å². The van der Waals surface area contributed by atoms with Gasteiger partial charge in [-0.15, -0.1) is 0 Å². The van der Waals surface area contributed by atoms with Gasteiger partial charge in [0.1, 0.15) is 30.8 Å². The highest BCUT2D eigenvalue weighted by Gasteiger charge is 2.29. The maximum atomic E-state index is 11.7. The van der Waals surface area contributed by atoms with Gasteiger partial charge < -0.3 is 24.4 Å². The molecule has 6 heteroatoms. The van der Waals surface area contributed by atoms with Crippen molar-refractivity contribution in [2.24, 2.45) is 0 Å². The van der Waals surface area contributed by atoms with Crippen molar-refractivity contribution in [3.8, 4) is 11.5 Å². The highest BCUT2D eigenvalue weighted by molar-refractivity contribution is 5.95. The summed E-state index contributed by atoms with van der Waals surface area (Å²) in [6.07, 6.45) is -1.05. The first-order valence-corrected chi connectivity index (χ1v) is 6.66. The lowest BCUT2D eigenvalue weighted by Gasteiger charge is -2.25. The van der Waals surface area contributed by atoms with E-state index in [-0.39, 0.29) is 13.2 Å². The third-order valence-corrected chi connectivity index (χ3v) is 3.57. The van der Waals surface area contributed by atoms with Crippen LogP contribution in [0.5, 0.6) is 11.5 Å². The molecule has 6 nitrogen and oxygen atoms in total. The summed E-state index contributed by atoms with van der Waals surface area (Å²) < 4.78 is 15.9. The molecule has 1 aromatic carbocycles. The molecule has 0 saturated heterocycles. The second-order valence-electron chi connectivity index (χ2n) is 5.62. The molecule has 0 saturated carbocycles. The Hall–Kier alpha value is -1.79. The number of esters is 1. The lowest BCUT2D eigenvalue weighted by atomic mass is 10.0. The smallest absolute Gasteiger partial charge is 0.339 e. The third kappa shape index (κ3) is 2.96. The number of carbonyl (C=O) groups excluding carboxylic acids is 1. The monoisotopic (exact) mass is 296 g/mol. The third-order valence-electron chi connectivity index (χ3n) is 3.57. The molecule has 21 heavy (non-hydrogen) atoms. The van der Waals surface area contributed by atoms with Crippen LogP contribution in [0, 0.1) is 6.92 Å². The number of benzene rings is 1. The molecule has 0 bridgehead atoms. The van der Waals surface area contributed by atoms with Crippen LogP contribution in [0.2, 0.25) is 0 Å². The van der Waals surface area contributed by atoms with Crippen LogP contribution in [0.15, 0.2) is 6.07 Å². The minimum atomic E-state index is -1.27. The quantitative estimate of drug-likeness (QED) is 0.794. The van der Waals surface area contributed by atoms with Crippen LogP contribution in [-0.2, 0) is 11.3 Å². The molecule has 1 heterocycles. The SMILES string of the molecule is COc1c(C)c(OC[C@H](O)C(C)(C)O)cc2c1COC2=O. The zero-order valence-corrected chi connectivity index (χ0v) is 12.6. The summed E-state index contributed by atoms with van der Waals surface area (Å²) in [5.74, 6) is 0.551. The number of ether oxygens (including phenoxy) is 3. The minimum absolute atomic E-state index is 0.0959. The standard InChI is InChI=1S/C15H20O6/c1-8-11(20-7-12(16)15(2,3)18)5-9-10(13(8)19-4)6-21-14(9)17/h5,12,16,18H,6-7H2,1-4H3/t12-/m0/s1. The molecule has 0 radical (unpaired) electrons. The Bertz CT molecular complexity index is 558. The number of hydrogen-bond acceptors (Lipinski definition) is 6. The molecule has 1 atom stereocenters. The van der Waals surface area contributed by atoms with Gasteiger partial charge in [0.05, 0.1) is 18.3 Å². The predicted octanol–water partition coefficient (Wildman–Crippen LogP) is 1.18. The number of aliphatic hydroxyl groups excluding tert-OH is 1. The van der Waals surface area contributed by atoms with Crippen LogP contribution in [0.25, 0.3) is 0 Å². The summed E-state index contributed by atoms with van der Waals surface area (Å²) in [7, 11) is 1.51. The van der Waals surface area contributed by atoms with Crippen molar-refractivity contribution >= 4 is 5.97 Å². The Labute approximate surface area is 123 Å². The van der Waals surface area contributed by atoms with E-state index in [2.05, 4.69) is 0 Å². The van der Waals surface area contributed by atoms with Crippen LogP contribution in [0.1, 0.15) is 35.3 Å². The van der Waals surface area contributed by atoms with E-state index >= 15 is 0 Å². The molecule has 2 N–H and O–H groups in total. The molecular formula is C15H20O6. The summed E-state index contributed by atoms with van der Waals surface area (Å²) in [5.41, 5.74) is 0.561. The van der Waals surface area contributed by atoms with Crippen molar-refractivity contribution in [1.29, 1.82) is 0 Å². The molecule has 1 aliphatic heterocycles. The average molecular weight is 296 g/mol. The minimum Gasteiger partial charge on any atom is -0.496 e. The number of methoxy groups -OCH3 is 1. The second kappa shape index (κ2) is 5.54. The average Bonchev–Trinajstić information content (AvgIpc) is 2.76. The molecular weight excluding hydrogens is 276 g/mol. The molecule has 0 aliphatic carbocycles. The first kappa shape index (κ1) is 15.6. The number of carbonyl (C=O) groups is 1. The predicted molar refractivity (Wildman–Crippen MR) is 74.7 cm³/mol. The number of rotatable bonds is 5. The molecule has 0 spiro atoms. The van der Waals surface area contributed by atoms with E-state index < -0.39 is 17.7 Å². The Morgan fingerprint density at radius 2 is 2.14 bits per heavy atom. The Kier molecular flexibility index (Phi) is 4.11. The fourth-order valence-corrected chi connectivity index (χ4v) is 2.13. The van der Waals surface area contributed by atoms with Crippen LogP contribution >= 0.6 is 0 Å². The first-order chi connectivity index (χ1) is 9.75. The molecule has 116 valence electrons. The van der Waals surface area contributed by atoms with Crippen molar-refractivity contribution in [1.82, 2.24) is 0 Å². The summed E-state index contributed by atoms with van der Waals surface area (Å²) in [6, 6.07) is 1.58. The van der Waals surface area contributed by atoms with Gasteiger partial charge in [-0.3, -0.25) is 0 Å². The highest BCUT2D eigenvalue weighted by Crippen LogP contribution is 2.38. The largest absolute Gasteiger partial charge is 0.496 e. The van der Waals surface area contributed by atoms with E-state index in [1.54, 1.807) is 13.0 Å². The van der Waals surface area contributed by atoms with Gasteiger partial charge in [-0.1, -0.05) is 0 Å². The summed E-state index contributed by atoms with van der Waals surface area (Å²) in [5, 5.41) is 19.5. The van der Waals surface area contributed by atoms with Gasteiger partial charge in [0.15, 0.2) is 0 Å². The van der Waals surface area contributed by atoms with Crippen molar-refractivity contribution < 1.29 is 29.2 Å². The van der Waals surface area contributed by atoms with E-state index in [1.807, 2.05) is 0 Å². The summed E-state index contributed by atoms with van der Waals surface area (Å²) in [6.45, 7) is 4.88. The number of hydrogen-bond donors (Lipinski definition) is 2.